The molecule has 0 radical (unpaired) electrons. The molecule has 2 aromatic carbocycles. The third-order valence-electron chi connectivity index (χ3n) is 5.83. The second kappa shape index (κ2) is 11.1. The van der Waals surface area contributed by atoms with E-state index >= 15 is 0 Å². The molecule has 2 N–H and O–H groups in total. The first-order chi connectivity index (χ1) is 14.9. The minimum Gasteiger partial charge on any atom is -0.349 e. The van der Waals surface area contributed by atoms with E-state index in [1.165, 1.54) is 5.56 Å². The highest BCUT2D eigenvalue weighted by Crippen LogP contribution is 2.16. The van der Waals surface area contributed by atoms with Crippen LogP contribution in [0.3, 0.4) is 0 Å². The summed E-state index contributed by atoms with van der Waals surface area (Å²) in [6.45, 7) is 8.49. The number of rotatable bonds is 8. The van der Waals surface area contributed by atoms with Gasteiger partial charge in [-0.3, -0.25) is 14.5 Å². The van der Waals surface area contributed by atoms with Gasteiger partial charge in [0.05, 0.1) is 12.6 Å². The normalized spacial score (nSPS) is 16.1. The molecule has 1 unspecified atom stereocenters. The summed E-state index contributed by atoms with van der Waals surface area (Å²) in [5.74, 6) is 0.661. The van der Waals surface area contributed by atoms with Crippen LogP contribution in [0.2, 0.25) is 0 Å². The monoisotopic (exact) mass is 421 g/mol. The van der Waals surface area contributed by atoms with Gasteiger partial charge in [-0.2, -0.15) is 0 Å². The van der Waals surface area contributed by atoms with Crippen LogP contribution >= 0.6 is 0 Å². The molecule has 1 saturated heterocycles. The maximum atomic E-state index is 12.5. The molecule has 166 valence electrons. The Bertz CT molecular complexity index is 841. The zero-order valence-electron chi connectivity index (χ0n) is 18.9. The number of hydrogen-bond donors (Lipinski definition) is 2. The van der Waals surface area contributed by atoms with E-state index < -0.39 is 0 Å². The molecular weight excluding hydrogens is 386 g/mol. The highest BCUT2D eigenvalue weighted by Gasteiger charge is 2.23. The smallest absolute Gasteiger partial charge is 0.251 e. The Hall–Kier alpha value is -2.66. The van der Waals surface area contributed by atoms with Crippen molar-refractivity contribution < 1.29 is 9.59 Å². The van der Waals surface area contributed by atoms with Crippen molar-refractivity contribution in [2.45, 2.75) is 52.1 Å². The molecule has 0 saturated carbocycles. The molecule has 31 heavy (non-hydrogen) atoms. The van der Waals surface area contributed by atoms with E-state index in [2.05, 4.69) is 53.6 Å². The molecule has 0 aliphatic carbocycles. The van der Waals surface area contributed by atoms with E-state index in [1.807, 2.05) is 37.3 Å². The molecule has 1 aliphatic rings. The van der Waals surface area contributed by atoms with Gasteiger partial charge in [-0.25, -0.2) is 0 Å². The standard InChI is InChI=1S/C26H35N3O2/c1-19(2)17-21-9-11-22(12-10-21)20(3)27-25(30)18-29-15-13-24(14-16-29)28-26(31)23-7-5-4-6-8-23/h4-12,19-20,24H,13-18H2,1-3H3,(H,27,30)(H,28,31). The van der Waals surface area contributed by atoms with E-state index in [-0.39, 0.29) is 23.9 Å². The van der Waals surface area contributed by atoms with Crippen LogP contribution in [0.25, 0.3) is 0 Å². The van der Waals surface area contributed by atoms with Crippen LogP contribution in [0.5, 0.6) is 0 Å². The molecule has 5 nitrogen and oxygen atoms in total. The first-order valence-corrected chi connectivity index (χ1v) is 11.4. The van der Waals surface area contributed by atoms with Gasteiger partial charge in [0.1, 0.15) is 0 Å². The summed E-state index contributed by atoms with van der Waals surface area (Å²) in [5.41, 5.74) is 3.15. The molecule has 2 aromatic rings. The summed E-state index contributed by atoms with van der Waals surface area (Å²) >= 11 is 0. The fourth-order valence-corrected chi connectivity index (χ4v) is 4.08. The third-order valence-corrected chi connectivity index (χ3v) is 5.83. The van der Waals surface area contributed by atoms with Gasteiger partial charge in [0, 0.05) is 24.7 Å². The second-order valence-corrected chi connectivity index (χ2v) is 9.02. The summed E-state index contributed by atoms with van der Waals surface area (Å²) in [5, 5.41) is 6.23. The molecule has 3 rings (SSSR count). The average molecular weight is 422 g/mol. The topological polar surface area (TPSA) is 61.4 Å². The van der Waals surface area contributed by atoms with E-state index in [1.54, 1.807) is 0 Å². The number of nitrogens with one attached hydrogen (secondary N) is 2. The Labute approximate surface area is 186 Å². The lowest BCUT2D eigenvalue weighted by Crippen LogP contribution is -2.47. The number of benzene rings is 2. The fourth-order valence-electron chi connectivity index (χ4n) is 4.08. The van der Waals surface area contributed by atoms with Crippen molar-refractivity contribution in [3.05, 3.63) is 71.3 Å². The Morgan fingerprint density at radius 1 is 0.968 bits per heavy atom. The molecular formula is C26H35N3O2. The zero-order valence-corrected chi connectivity index (χ0v) is 18.9. The highest BCUT2D eigenvalue weighted by molar-refractivity contribution is 5.94. The van der Waals surface area contributed by atoms with Crippen molar-refractivity contribution >= 4 is 11.8 Å². The quantitative estimate of drug-likeness (QED) is 0.678. The third kappa shape index (κ3) is 7.21. The Kier molecular flexibility index (Phi) is 8.24. The van der Waals surface area contributed by atoms with Crippen LogP contribution in [0.1, 0.15) is 61.1 Å². The number of piperidine rings is 1. The van der Waals surface area contributed by atoms with Gasteiger partial charge in [-0.05, 0) is 55.4 Å². The van der Waals surface area contributed by atoms with Crippen LogP contribution in [0.15, 0.2) is 54.6 Å². The fraction of sp³-hybridized carbons (Fsp3) is 0.462. The number of amides is 2. The molecule has 0 aromatic heterocycles. The van der Waals surface area contributed by atoms with Gasteiger partial charge in [-0.15, -0.1) is 0 Å². The van der Waals surface area contributed by atoms with Crippen LogP contribution in [0.4, 0.5) is 0 Å². The van der Waals surface area contributed by atoms with Crippen molar-refractivity contribution in [2.24, 2.45) is 5.92 Å². The number of hydrogen-bond acceptors (Lipinski definition) is 3. The van der Waals surface area contributed by atoms with Crippen molar-refractivity contribution in [2.75, 3.05) is 19.6 Å². The second-order valence-electron chi connectivity index (χ2n) is 9.02. The van der Waals surface area contributed by atoms with Crippen LogP contribution in [-0.2, 0) is 11.2 Å². The minimum absolute atomic E-state index is 0.0108. The number of carbonyl (C=O) groups is 2. The van der Waals surface area contributed by atoms with E-state index in [4.69, 9.17) is 0 Å². The maximum absolute atomic E-state index is 12.5. The van der Waals surface area contributed by atoms with Gasteiger partial charge in [0.2, 0.25) is 5.91 Å². The SMILES string of the molecule is CC(C)Cc1ccc(C(C)NC(=O)CN2CCC(NC(=O)c3ccccc3)CC2)cc1. The summed E-state index contributed by atoms with van der Waals surface area (Å²) in [4.78, 5) is 27.0. The van der Waals surface area contributed by atoms with Crippen LogP contribution < -0.4 is 10.6 Å². The van der Waals surface area contributed by atoms with Gasteiger partial charge >= 0.3 is 0 Å². The predicted molar refractivity (Wildman–Crippen MR) is 125 cm³/mol. The van der Waals surface area contributed by atoms with Crippen molar-refractivity contribution in [1.82, 2.24) is 15.5 Å². The molecule has 1 heterocycles. The maximum Gasteiger partial charge on any atom is 0.251 e. The molecule has 1 atom stereocenters. The molecule has 0 bridgehead atoms. The summed E-state index contributed by atoms with van der Waals surface area (Å²) in [6.07, 6.45) is 2.79. The highest BCUT2D eigenvalue weighted by atomic mass is 16.2. The van der Waals surface area contributed by atoms with Gasteiger partial charge in [0.15, 0.2) is 0 Å². The number of likely N-dealkylation sites (tertiary alicyclic amines) is 1. The molecule has 1 fully saturated rings. The molecule has 1 aliphatic heterocycles. The van der Waals surface area contributed by atoms with Crippen LogP contribution in [0, 0.1) is 5.92 Å². The number of nitrogens with zero attached hydrogens (tertiary/aromatic N) is 1. The molecule has 5 heteroatoms. The lowest BCUT2D eigenvalue weighted by Gasteiger charge is -2.32. The lowest BCUT2D eigenvalue weighted by molar-refractivity contribution is -0.123. The van der Waals surface area contributed by atoms with Crippen molar-refractivity contribution in [3.8, 4) is 0 Å². The Morgan fingerprint density at radius 2 is 1.61 bits per heavy atom. The zero-order chi connectivity index (χ0) is 22.2. The van der Waals surface area contributed by atoms with E-state index in [0.29, 0.717) is 18.0 Å². The van der Waals surface area contributed by atoms with Crippen molar-refractivity contribution in [1.29, 1.82) is 0 Å². The minimum atomic E-state index is -0.0231. The molecule has 2 amide bonds. The van der Waals surface area contributed by atoms with Gasteiger partial charge in [0.25, 0.3) is 5.91 Å². The first kappa shape index (κ1) is 23.0. The summed E-state index contributed by atoms with van der Waals surface area (Å²) < 4.78 is 0. The average Bonchev–Trinajstić information content (AvgIpc) is 2.75. The summed E-state index contributed by atoms with van der Waals surface area (Å²) in [6, 6.07) is 18.0. The van der Waals surface area contributed by atoms with Crippen molar-refractivity contribution in [3.63, 3.8) is 0 Å². The van der Waals surface area contributed by atoms with Gasteiger partial charge in [-0.1, -0.05) is 56.3 Å². The van der Waals surface area contributed by atoms with Gasteiger partial charge < -0.3 is 10.6 Å². The molecule has 0 spiro atoms. The largest absolute Gasteiger partial charge is 0.349 e. The Morgan fingerprint density at radius 3 is 2.23 bits per heavy atom. The van der Waals surface area contributed by atoms with Crippen LogP contribution in [-0.4, -0.2) is 42.4 Å². The van der Waals surface area contributed by atoms with E-state index in [9.17, 15) is 9.59 Å². The van der Waals surface area contributed by atoms with E-state index in [0.717, 1.165) is 37.9 Å². The summed E-state index contributed by atoms with van der Waals surface area (Å²) in [7, 11) is 0. The number of carbonyl (C=O) groups excluding carboxylic acids is 2. The predicted octanol–water partition coefficient (Wildman–Crippen LogP) is 3.96. The lowest BCUT2D eigenvalue weighted by atomic mass is 10.00. The Balaban J connectivity index is 1.40. The first-order valence-electron chi connectivity index (χ1n) is 11.4.